The van der Waals surface area contributed by atoms with E-state index in [0.717, 1.165) is 40.9 Å². The Morgan fingerprint density at radius 3 is 2.91 bits per heavy atom. The number of anilines is 1. The molecule has 0 radical (unpaired) electrons. The minimum Gasteiger partial charge on any atom is -0.354 e. The maximum atomic E-state index is 12.7. The smallest absolute Gasteiger partial charge is 0.251 e. The van der Waals surface area contributed by atoms with Crippen molar-refractivity contribution in [2.75, 3.05) is 32.1 Å². The van der Waals surface area contributed by atoms with Gasteiger partial charge in [0, 0.05) is 50.4 Å². The van der Waals surface area contributed by atoms with Crippen LogP contribution < -0.4 is 15.8 Å². The van der Waals surface area contributed by atoms with E-state index in [1.807, 2.05) is 30.5 Å². The predicted molar refractivity (Wildman–Crippen MR) is 94.6 cm³/mol. The highest BCUT2D eigenvalue weighted by molar-refractivity contribution is 7.19. The molecule has 2 aromatic heterocycles. The van der Waals surface area contributed by atoms with Crippen molar-refractivity contribution >= 4 is 16.5 Å². The van der Waals surface area contributed by atoms with Crippen molar-refractivity contribution in [2.45, 2.75) is 25.8 Å². The van der Waals surface area contributed by atoms with Gasteiger partial charge in [-0.15, -0.1) is 0 Å². The topological polar surface area (TPSA) is 50.2 Å². The van der Waals surface area contributed by atoms with E-state index < -0.39 is 0 Å². The number of hydrogen-bond acceptors (Lipinski definition) is 5. The minimum atomic E-state index is 0.133. The molecule has 0 saturated carbocycles. The fourth-order valence-electron chi connectivity index (χ4n) is 3.78. The number of pyridine rings is 1. The molecule has 0 amide bonds. The Labute approximate surface area is 140 Å². The zero-order valence-electron chi connectivity index (χ0n) is 13.8. The molecule has 1 saturated heterocycles. The van der Waals surface area contributed by atoms with Gasteiger partial charge in [0.25, 0.3) is 5.56 Å². The SMILES string of the molecule is Cc1nc(N(C)C)sc1-c1cc2n(c(=O)c1)C[C@@H]1CNC[C@H]2C1. The average molecular weight is 330 g/mol. The Hall–Kier alpha value is -1.66. The number of piperidine rings is 1. The highest BCUT2D eigenvalue weighted by Crippen LogP contribution is 2.37. The summed E-state index contributed by atoms with van der Waals surface area (Å²) in [5.74, 6) is 1.05. The van der Waals surface area contributed by atoms with Gasteiger partial charge in [0.2, 0.25) is 0 Å². The van der Waals surface area contributed by atoms with Gasteiger partial charge >= 0.3 is 0 Å². The van der Waals surface area contributed by atoms with Crippen LogP contribution in [0.3, 0.4) is 0 Å². The van der Waals surface area contributed by atoms with Crippen molar-refractivity contribution in [2.24, 2.45) is 5.92 Å². The third-order valence-electron chi connectivity index (χ3n) is 4.89. The van der Waals surface area contributed by atoms with Crippen LogP contribution in [0.4, 0.5) is 5.13 Å². The average Bonchev–Trinajstić information content (AvgIpc) is 2.91. The van der Waals surface area contributed by atoms with Crippen LogP contribution in [-0.4, -0.2) is 36.7 Å². The standard InChI is InChI=1S/C17H22N4OS/c1-10-16(23-17(19-10)20(2)3)12-5-14-13-4-11(7-18-8-13)9-21(14)15(22)6-12/h5-6,11,13,18H,4,7-9H2,1-3H3/t11-,13+/m0/s1. The van der Waals surface area contributed by atoms with Crippen LogP contribution >= 0.6 is 11.3 Å². The van der Waals surface area contributed by atoms with E-state index in [4.69, 9.17) is 0 Å². The van der Waals surface area contributed by atoms with E-state index >= 15 is 0 Å². The zero-order chi connectivity index (χ0) is 16.1. The highest BCUT2D eigenvalue weighted by Gasteiger charge is 2.31. The third kappa shape index (κ3) is 2.50. The summed E-state index contributed by atoms with van der Waals surface area (Å²) in [5.41, 5.74) is 3.34. The van der Waals surface area contributed by atoms with Crippen molar-refractivity contribution in [1.29, 1.82) is 0 Å². The minimum absolute atomic E-state index is 0.133. The first kappa shape index (κ1) is 14.9. The fraction of sp³-hybridized carbons (Fsp3) is 0.529. The Morgan fingerprint density at radius 1 is 1.35 bits per heavy atom. The van der Waals surface area contributed by atoms with Gasteiger partial charge in [0.1, 0.15) is 0 Å². The second-order valence-corrected chi connectivity index (χ2v) is 7.86. The molecule has 4 rings (SSSR count). The van der Waals surface area contributed by atoms with E-state index in [1.54, 1.807) is 17.4 Å². The summed E-state index contributed by atoms with van der Waals surface area (Å²) in [4.78, 5) is 20.4. The number of fused-ring (bicyclic) bond motifs is 4. The molecule has 1 fully saturated rings. The molecular formula is C17H22N4OS. The highest BCUT2D eigenvalue weighted by atomic mass is 32.1. The molecule has 0 aliphatic carbocycles. The fourth-order valence-corrected chi connectivity index (χ4v) is 4.75. The number of rotatable bonds is 2. The molecule has 0 aromatic carbocycles. The van der Waals surface area contributed by atoms with E-state index in [1.165, 1.54) is 12.1 Å². The number of aryl methyl sites for hydroxylation is 1. The van der Waals surface area contributed by atoms with E-state index in [0.29, 0.717) is 11.8 Å². The number of thiazole rings is 1. The molecule has 0 unspecified atom stereocenters. The molecule has 2 bridgehead atoms. The van der Waals surface area contributed by atoms with Gasteiger partial charge < -0.3 is 14.8 Å². The number of nitrogens with one attached hydrogen (secondary N) is 1. The van der Waals surface area contributed by atoms with Crippen molar-refractivity contribution in [3.05, 3.63) is 33.9 Å². The van der Waals surface area contributed by atoms with Gasteiger partial charge in [0.15, 0.2) is 5.13 Å². The van der Waals surface area contributed by atoms with E-state index in [-0.39, 0.29) is 5.56 Å². The van der Waals surface area contributed by atoms with Crippen LogP contribution in [0.5, 0.6) is 0 Å². The largest absolute Gasteiger partial charge is 0.354 e. The van der Waals surface area contributed by atoms with E-state index in [9.17, 15) is 4.79 Å². The Bertz CT molecular complexity index is 807. The number of hydrogen-bond donors (Lipinski definition) is 1. The summed E-state index contributed by atoms with van der Waals surface area (Å²) in [7, 11) is 4.00. The van der Waals surface area contributed by atoms with Gasteiger partial charge in [-0.1, -0.05) is 11.3 Å². The quantitative estimate of drug-likeness (QED) is 0.916. The monoisotopic (exact) mass is 330 g/mol. The second kappa shape index (κ2) is 5.46. The summed E-state index contributed by atoms with van der Waals surface area (Å²) >= 11 is 1.65. The molecule has 2 aliphatic heterocycles. The van der Waals surface area contributed by atoms with Crippen molar-refractivity contribution in [3.8, 4) is 10.4 Å². The van der Waals surface area contributed by atoms with E-state index in [2.05, 4.69) is 16.4 Å². The van der Waals surface area contributed by atoms with Crippen LogP contribution in [-0.2, 0) is 6.54 Å². The number of aromatic nitrogens is 2. The summed E-state index contributed by atoms with van der Waals surface area (Å²) in [6.45, 7) is 4.88. The normalized spacial score (nSPS) is 22.7. The molecule has 122 valence electrons. The molecule has 2 aliphatic rings. The predicted octanol–water partition coefficient (Wildman–Crippen LogP) is 2.05. The molecule has 1 N–H and O–H groups in total. The maximum absolute atomic E-state index is 12.7. The van der Waals surface area contributed by atoms with Gasteiger partial charge in [-0.2, -0.15) is 0 Å². The first-order valence-corrected chi connectivity index (χ1v) is 8.95. The molecular weight excluding hydrogens is 308 g/mol. The molecule has 2 aromatic rings. The van der Waals surface area contributed by atoms with Crippen LogP contribution in [0.15, 0.2) is 16.9 Å². The van der Waals surface area contributed by atoms with Crippen molar-refractivity contribution < 1.29 is 0 Å². The third-order valence-corrected chi connectivity index (χ3v) is 6.27. The molecule has 5 nitrogen and oxygen atoms in total. The van der Waals surface area contributed by atoms with Crippen LogP contribution in [0.2, 0.25) is 0 Å². The van der Waals surface area contributed by atoms with Crippen LogP contribution in [0, 0.1) is 12.8 Å². The molecule has 4 heterocycles. The lowest BCUT2D eigenvalue weighted by molar-refractivity contribution is 0.257. The second-order valence-electron chi connectivity index (χ2n) is 6.88. The lowest BCUT2D eigenvalue weighted by atomic mass is 9.84. The maximum Gasteiger partial charge on any atom is 0.251 e. The van der Waals surface area contributed by atoms with Crippen LogP contribution in [0.25, 0.3) is 10.4 Å². The van der Waals surface area contributed by atoms with Gasteiger partial charge in [-0.05, 0) is 31.9 Å². The van der Waals surface area contributed by atoms with Crippen molar-refractivity contribution in [1.82, 2.24) is 14.9 Å². The summed E-state index contributed by atoms with van der Waals surface area (Å²) < 4.78 is 1.99. The lowest BCUT2D eigenvalue weighted by Crippen LogP contribution is -2.44. The lowest BCUT2D eigenvalue weighted by Gasteiger charge is -2.37. The molecule has 23 heavy (non-hydrogen) atoms. The molecule has 0 spiro atoms. The summed E-state index contributed by atoms with van der Waals surface area (Å²) in [5, 5.41) is 4.49. The molecule has 2 atom stereocenters. The first-order chi connectivity index (χ1) is 11.0. The van der Waals surface area contributed by atoms with Gasteiger partial charge in [-0.25, -0.2) is 4.98 Å². The Morgan fingerprint density at radius 2 is 2.17 bits per heavy atom. The van der Waals surface area contributed by atoms with Crippen LogP contribution in [0.1, 0.15) is 23.7 Å². The summed E-state index contributed by atoms with van der Waals surface area (Å²) in [6.07, 6.45) is 1.19. The summed E-state index contributed by atoms with van der Waals surface area (Å²) in [6, 6.07) is 4.01. The number of nitrogens with zero attached hydrogens (tertiary/aromatic N) is 3. The zero-order valence-corrected chi connectivity index (χ0v) is 14.6. The van der Waals surface area contributed by atoms with Gasteiger partial charge in [-0.3, -0.25) is 4.79 Å². The van der Waals surface area contributed by atoms with Crippen molar-refractivity contribution in [3.63, 3.8) is 0 Å². The Kier molecular flexibility index (Phi) is 3.54. The first-order valence-electron chi connectivity index (χ1n) is 8.13. The Balaban J connectivity index is 1.83. The molecule has 6 heteroatoms. The van der Waals surface area contributed by atoms with Gasteiger partial charge in [0.05, 0.1) is 10.6 Å².